The van der Waals surface area contributed by atoms with Gasteiger partial charge in [-0.3, -0.25) is 4.79 Å². The zero-order chi connectivity index (χ0) is 18.5. The van der Waals surface area contributed by atoms with Crippen LogP contribution in [0.4, 0.5) is 5.69 Å². The Morgan fingerprint density at radius 1 is 1.04 bits per heavy atom. The number of benzene rings is 2. The van der Waals surface area contributed by atoms with Crippen LogP contribution in [0.1, 0.15) is 5.76 Å². The van der Waals surface area contributed by atoms with Crippen LogP contribution in [0.2, 0.25) is 10.0 Å². The first-order valence-electron chi connectivity index (χ1n) is 7.59. The van der Waals surface area contributed by atoms with E-state index in [2.05, 4.69) is 5.32 Å². The SMILES string of the molecule is N#C/C(=C\c1ccc(-c2cccc(Cl)c2)o1)C(=O)Nc1cccc(Cl)c1. The van der Waals surface area contributed by atoms with Gasteiger partial charge in [-0.05, 0) is 42.5 Å². The van der Waals surface area contributed by atoms with Crippen molar-refractivity contribution in [3.8, 4) is 17.4 Å². The monoisotopic (exact) mass is 382 g/mol. The Balaban J connectivity index is 1.81. The largest absolute Gasteiger partial charge is 0.457 e. The number of carbonyl (C=O) groups excluding carboxylic acids is 1. The summed E-state index contributed by atoms with van der Waals surface area (Å²) in [6, 6.07) is 19.2. The maximum absolute atomic E-state index is 12.3. The number of nitrogens with zero attached hydrogens (tertiary/aromatic N) is 1. The fraction of sp³-hybridized carbons (Fsp3) is 0. The Morgan fingerprint density at radius 3 is 2.46 bits per heavy atom. The average Bonchev–Trinajstić information content (AvgIpc) is 3.08. The number of hydrogen-bond acceptors (Lipinski definition) is 3. The van der Waals surface area contributed by atoms with Gasteiger partial charge in [0, 0.05) is 27.4 Å². The van der Waals surface area contributed by atoms with Gasteiger partial charge in [0.15, 0.2) is 0 Å². The molecule has 2 aromatic carbocycles. The summed E-state index contributed by atoms with van der Waals surface area (Å²) in [5.74, 6) is 0.430. The molecule has 0 spiro atoms. The highest BCUT2D eigenvalue weighted by Crippen LogP contribution is 2.26. The molecule has 4 nitrogen and oxygen atoms in total. The molecule has 1 heterocycles. The predicted octanol–water partition coefficient (Wildman–Crippen LogP) is 5.80. The molecule has 0 radical (unpaired) electrons. The van der Waals surface area contributed by atoms with Gasteiger partial charge in [-0.15, -0.1) is 0 Å². The molecule has 0 unspecified atom stereocenters. The summed E-state index contributed by atoms with van der Waals surface area (Å²) in [6.45, 7) is 0. The molecular weight excluding hydrogens is 371 g/mol. The number of hydrogen-bond donors (Lipinski definition) is 1. The molecule has 3 rings (SSSR count). The third-order valence-electron chi connectivity index (χ3n) is 3.47. The van der Waals surface area contributed by atoms with E-state index in [1.54, 1.807) is 48.5 Å². The maximum atomic E-state index is 12.3. The van der Waals surface area contributed by atoms with Crippen molar-refractivity contribution in [3.63, 3.8) is 0 Å². The molecule has 0 atom stereocenters. The van der Waals surface area contributed by atoms with Crippen molar-refractivity contribution in [2.24, 2.45) is 0 Å². The maximum Gasteiger partial charge on any atom is 0.266 e. The lowest BCUT2D eigenvalue weighted by atomic mass is 10.2. The van der Waals surface area contributed by atoms with E-state index < -0.39 is 5.91 Å². The number of amides is 1. The highest BCUT2D eigenvalue weighted by atomic mass is 35.5. The Bertz CT molecular complexity index is 1030. The minimum absolute atomic E-state index is 0.0861. The molecule has 0 fully saturated rings. The van der Waals surface area contributed by atoms with Gasteiger partial charge in [0.05, 0.1) is 0 Å². The van der Waals surface area contributed by atoms with Crippen molar-refractivity contribution >= 4 is 40.9 Å². The molecule has 6 heteroatoms. The van der Waals surface area contributed by atoms with E-state index in [0.717, 1.165) is 5.56 Å². The first-order chi connectivity index (χ1) is 12.5. The number of nitrogens with one attached hydrogen (secondary N) is 1. The number of furan rings is 1. The van der Waals surface area contributed by atoms with Crippen LogP contribution in [-0.4, -0.2) is 5.91 Å². The minimum atomic E-state index is -0.546. The van der Waals surface area contributed by atoms with Crippen LogP contribution in [0.25, 0.3) is 17.4 Å². The second kappa shape index (κ2) is 7.92. The van der Waals surface area contributed by atoms with E-state index in [0.29, 0.717) is 27.3 Å². The van der Waals surface area contributed by atoms with Gasteiger partial charge in [-0.1, -0.05) is 41.4 Å². The van der Waals surface area contributed by atoms with Gasteiger partial charge >= 0.3 is 0 Å². The summed E-state index contributed by atoms with van der Waals surface area (Å²) in [5.41, 5.74) is 1.22. The van der Waals surface area contributed by atoms with Crippen molar-refractivity contribution in [2.45, 2.75) is 0 Å². The Hall–Kier alpha value is -3.00. The van der Waals surface area contributed by atoms with Crippen LogP contribution >= 0.6 is 23.2 Å². The van der Waals surface area contributed by atoms with Crippen LogP contribution in [0.3, 0.4) is 0 Å². The summed E-state index contributed by atoms with van der Waals surface area (Å²) in [4.78, 5) is 12.3. The van der Waals surface area contributed by atoms with Gasteiger partial charge < -0.3 is 9.73 Å². The van der Waals surface area contributed by atoms with Gasteiger partial charge in [-0.25, -0.2) is 0 Å². The number of anilines is 1. The summed E-state index contributed by atoms with van der Waals surface area (Å²) in [5, 5.41) is 13.0. The van der Waals surface area contributed by atoms with Crippen molar-refractivity contribution in [2.75, 3.05) is 5.32 Å². The number of halogens is 2. The topological polar surface area (TPSA) is 66.0 Å². The molecule has 1 aromatic heterocycles. The van der Waals surface area contributed by atoms with Gasteiger partial charge in [-0.2, -0.15) is 5.26 Å². The van der Waals surface area contributed by atoms with Crippen molar-refractivity contribution in [1.82, 2.24) is 0 Å². The lowest BCUT2D eigenvalue weighted by molar-refractivity contribution is -0.112. The normalized spacial score (nSPS) is 11.0. The third-order valence-corrected chi connectivity index (χ3v) is 3.94. The van der Waals surface area contributed by atoms with Crippen molar-refractivity contribution in [3.05, 3.63) is 82.0 Å². The summed E-state index contributed by atoms with van der Waals surface area (Å²) in [7, 11) is 0. The van der Waals surface area contributed by atoms with Crippen LogP contribution in [0.5, 0.6) is 0 Å². The molecule has 26 heavy (non-hydrogen) atoms. The fourth-order valence-electron chi connectivity index (χ4n) is 2.28. The molecule has 0 aliphatic rings. The number of nitriles is 1. The van der Waals surface area contributed by atoms with Gasteiger partial charge in [0.2, 0.25) is 0 Å². The highest BCUT2D eigenvalue weighted by Gasteiger charge is 2.12. The zero-order valence-corrected chi connectivity index (χ0v) is 14.9. The fourth-order valence-corrected chi connectivity index (χ4v) is 2.66. The second-order valence-corrected chi connectivity index (χ2v) is 6.22. The van der Waals surface area contributed by atoms with E-state index in [1.807, 2.05) is 18.2 Å². The molecule has 0 saturated heterocycles. The molecule has 0 aliphatic carbocycles. The predicted molar refractivity (Wildman–Crippen MR) is 103 cm³/mol. The third kappa shape index (κ3) is 4.34. The average molecular weight is 383 g/mol. The van der Waals surface area contributed by atoms with Gasteiger partial charge in [0.25, 0.3) is 5.91 Å². The first kappa shape index (κ1) is 17.8. The van der Waals surface area contributed by atoms with Crippen molar-refractivity contribution < 1.29 is 9.21 Å². The van der Waals surface area contributed by atoms with Gasteiger partial charge in [0.1, 0.15) is 23.2 Å². The first-order valence-corrected chi connectivity index (χ1v) is 8.35. The molecule has 1 N–H and O–H groups in total. The van der Waals surface area contributed by atoms with Crippen LogP contribution in [-0.2, 0) is 4.79 Å². The molecule has 0 aliphatic heterocycles. The Kier molecular flexibility index (Phi) is 5.43. The quantitative estimate of drug-likeness (QED) is 0.457. The van der Waals surface area contributed by atoms with E-state index in [-0.39, 0.29) is 5.57 Å². The van der Waals surface area contributed by atoms with Crippen LogP contribution in [0.15, 0.2) is 70.7 Å². The smallest absolute Gasteiger partial charge is 0.266 e. The molecule has 1 amide bonds. The second-order valence-electron chi connectivity index (χ2n) is 5.35. The van der Waals surface area contributed by atoms with Crippen molar-refractivity contribution in [1.29, 1.82) is 5.26 Å². The molecule has 0 saturated carbocycles. The summed E-state index contributed by atoms with van der Waals surface area (Å²) < 4.78 is 5.69. The molecular formula is C20H12Cl2N2O2. The number of carbonyl (C=O) groups is 1. The van der Waals surface area contributed by atoms with E-state index in [4.69, 9.17) is 27.6 Å². The molecule has 3 aromatic rings. The Labute approximate surface area is 160 Å². The van der Waals surface area contributed by atoms with Crippen LogP contribution < -0.4 is 5.32 Å². The standard InChI is InChI=1S/C20H12Cl2N2O2/c21-15-4-1-3-13(9-15)19-8-7-18(26-19)10-14(12-23)20(25)24-17-6-2-5-16(22)11-17/h1-11H,(H,24,25)/b14-10+. The van der Waals surface area contributed by atoms with E-state index in [1.165, 1.54) is 6.08 Å². The lowest BCUT2D eigenvalue weighted by Crippen LogP contribution is -2.13. The number of rotatable bonds is 4. The summed E-state index contributed by atoms with van der Waals surface area (Å²) in [6.07, 6.45) is 1.38. The lowest BCUT2D eigenvalue weighted by Gasteiger charge is -2.04. The summed E-state index contributed by atoms with van der Waals surface area (Å²) >= 11 is 11.9. The van der Waals surface area contributed by atoms with Crippen LogP contribution in [0, 0.1) is 11.3 Å². The zero-order valence-electron chi connectivity index (χ0n) is 13.4. The van der Waals surface area contributed by atoms with E-state index in [9.17, 15) is 10.1 Å². The minimum Gasteiger partial charge on any atom is -0.457 e. The Morgan fingerprint density at radius 2 is 1.77 bits per heavy atom. The molecule has 128 valence electrons. The van der Waals surface area contributed by atoms with E-state index >= 15 is 0 Å². The molecule has 0 bridgehead atoms. The highest BCUT2D eigenvalue weighted by molar-refractivity contribution is 6.31.